The smallest absolute Gasteiger partial charge is 0.0555 e. The first-order valence-corrected chi connectivity index (χ1v) is 5.36. The molecule has 0 spiro atoms. The minimum absolute atomic E-state index is 0.194. The summed E-state index contributed by atoms with van der Waals surface area (Å²) in [5, 5.41) is 22.4. The van der Waals surface area contributed by atoms with Gasteiger partial charge in [-0.2, -0.15) is 0 Å². The number of aliphatic hydroxyl groups is 2. The fourth-order valence-corrected chi connectivity index (χ4v) is 0.737. The predicted octanol–water partition coefficient (Wildman–Crippen LogP) is -2.56. The van der Waals surface area contributed by atoms with Crippen LogP contribution in [0.1, 0.15) is 6.42 Å². The molecule has 0 saturated heterocycles. The van der Waals surface area contributed by atoms with Crippen LogP contribution in [0.3, 0.4) is 0 Å². The number of aliphatic hydroxyl groups excluding tert-OH is 2. The topological polar surface area (TPSA) is 117 Å². The van der Waals surface area contributed by atoms with Gasteiger partial charge in [0.25, 0.3) is 0 Å². The molecule has 0 rings (SSSR count). The monoisotopic (exact) mass is 222 g/mol. The second kappa shape index (κ2) is 19.4. The van der Waals surface area contributed by atoms with E-state index in [0.717, 1.165) is 26.1 Å². The van der Waals surface area contributed by atoms with Gasteiger partial charge in [0.15, 0.2) is 0 Å². The molecule has 0 aromatic heterocycles. The summed E-state index contributed by atoms with van der Waals surface area (Å²) in [6, 6.07) is 0. The van der Waals surface area contributed by atoms with Crippen molar-refractivity contribution < 1.29 is 10.2 Å². The van der Waals surface area contributed by atoms with E-state index in [1.54, 1.807) is 0 Å². The molecule has 6 nitrogen and oxygen atoms in total. The van der Waals surface area contributed by atoms with Crippen LogP contribution in [0.2, 0.25) is 0 Å². The Morgan fingerprint density at radius 3 is 1.67 bits per heavy atom. The van der Waals surface area contributed by atoms with Crippen LogP contribution in [0.5, 0.6) is 0 Å². The Balaban J connectivity index is 0. The van der Waals surface area contributed by atoms with E-state index in [9.17, 15) is 0 Å². The van der Waals surface area contributed by atoms with Crippen LogP contribution in [0.15, 0.2) is 0 Å². The number of hydrogen-bond donors (Lipinski definition) is 6. The van der Waals surface area contributed by atoms with Crippen molar-refractivity contribution in [3.05, 3.63) is 0 Å². The molecule has 0 aliphatic carbocycles. The van der Waals surface area contributed by atoms with Gasteiger partial charge in [-0.3, -0.25) is 0 Å². The molecule has 94 valence electrons. The van der Waals surface area contributed by atoms with E-state index >= 15 is 0 Å². The van der Waals surface area contributed by atoms with Gasteiger partial charge in [0, 0.05) is 26.2 Å². The van der Waals surface area contributed by atoms with Gasteiger partial charge in [-0.25, -0.2) is 0 Å². The van der Waals surface area contributed by atoms with Gasteiger partial charge in [0.1, 0.15) is 0 Å². The van der Waals surface area contributed by atoms with Crippen LogP contribution in [0, 0.1) is 0 Å². The van der Waals surface area contributed by atoms with Crippen LogP contribution < -0.4 is 22.1 Å². The van der Waals surface area contributed by atoms with E-state index in [1.165, 1.54) is 0 Å². The van der Waals surface area contributed by atoms with Crippen molar-refractivity contribution in [2.45, 2.75) is 6.42 Å². The van der Waals surface area contributed by atoms with Crippen molar-refractivity contribution >= 4 is 0 Å². The van der Waals surface area contributed by atoms with Crippen molar-refractivity contribution in [3.8, 4) is 0 Å². The van der Waals surface area contributed by atoms with E-state index in [2.05, 4.69) is 10.6 Å². The second-order valence-corrected chi connectivity index (χ2v) is 2.88. The lowest BCUT2D eigenvalue weighted by atomic mass is 10.4. The first-order chi connectivity index (χ1) is 7.33. The van der Waals surface area contributed by atoms with Gasteiger partial charge < -0.3 is 32.3 Å². The van der Waals surface area contributed by atoms with Crippen molar-refractivity contribution in [1.82, 2.24) is 10.6 Å². The van der Waals surface area contributed by atoms with Gasteiger partial charge in [0.2, 0.25) is 0 Å². The Labute approximate surface area is 92.0 Å². The van der Waals surface area contributed by atoms with E-state index < -0.39 is 0 Å². The van der Waals surface area contributed by atoms with Crippen molar-refractivity contribution in [1.29, 1.82) is 0 Å². The van der Waals surface area contributed by atoms with E-state index in [-0.39, 0.29) is 13.2 Å². The fraction of sp³-hybridized carbons (Fsp3) is 1.00. The van der Waals surface area contributed by atoms with E-state index in [1.807, 2.05) is 0 Å². The molecule has 0 heterocycles. The summed E-state index contributed by atoms with van der Waals surface area (Å²) in [5.74, 6) is 0. The first kappa shape index (κ1) is 17.2. The predicted molar refractivity (Wildman–Crippen MR) is 62.6 cm³/mol. The molecule has 0 unspecified atom stereocenters. The Bertz CT molecular complexity index is 86.2. The maximum atomic E-state index is 8.27. The fourth-order valence-electron chi connectivity index (χ4n) is 0.737. The number of hydrogen-bond acceptors (Lipinski definition) is 6. The summed E-state index contributed by atoms with van der Waals surface area (Å²) in [4.78, 5) is 0. The molecule has 0 aromatic rings. The van der Waals surface area contributed by atoms with Gasteiger partial charge in [-0.15, -0.1) is 0 Å². The third kappa shape index (κ3) is 24.8. The summed E-state index contributed by atoms with van der Waals surface area (Å²) in [5.41, 5.74) is 10.3. The van der Waals surface area contributed by atoms with Crippen LogP contribution >= 0.6 is 0 Å². The lowest BCUT2D eigenvalue weighted by Crippen LogP contribution is -2.24. The maximum Gasteiger partial charge on any atom is 0.0555 e. The average molecular weight is 222 g/mol. The molecule has 15 heavy (non-hydrogen) atoms. The van der Waals surface area contributed by atoms with E-state index in [0.29, 0.717) is 19.6 Å². The van der Waals surface area contributed by atoms with Gasteiger partial charge in [-0.05, 0) is 19.5 Å². The normalized spacial score (nSPS) is 9.60. The number of rotatable bonds is 9. The minimum atomic E-state index is 0.194. The third-order valence-corrected chi connectivity index (χ3v) is 1.46. The van der Waals surface area contributed by atoms with Gasteiger partial charge in [0.05, 0.1) is 13.2 Å². The summed E-state index contributed by atoms with van der Waals surface area (Å²) in [6.45, 7) is 4.80. The van der Waals surface area contributed by atoms with Crippen LogP contribution in [0.25, 0.3) is 0 Å². The Morgan fingerprint density at radius 2 is 1.27 bits per heavy atom. The number of nitrogens with one attached hydrogen (secondary N) is 2. The minimum Gasteiger partial charge on any atom is -0.395 e. The van der Waals surface area contributed by atoms with Crippen molar-refractivity contribution in [2.75, 3.05) is 52.5 Å². The summed E-state index contributed by atoms with van der Waals surface area (Å²) >= 11 is 0. The lowest BCUT2D eigenvalue weighted by Gasteiger charge is -1.97. The molecule has 0 aromatic carbocycles. The standard InChI is InChI=1S/C5H14N2O.C4H12N2O/c6-2-1-3-7-4-5-8;5-1-2-6-3-4-7/h7-8H,1-6H2;6-7H,1-5H2. The SMILES string of the molecule is NCCCNCCO.NCCNCCO. The Kier molecular flexibility index (Phi) is 22.1. The molecule has 0 radical (unpaired) electrons. The van der Waals surface area contributed by atoms with Gasteiger partial charge in [-0.1, -0.05) is 0 Å². The first-order valence-electron chi connectivity index (χ1n) is 5.36. The summed E-state index contributed by atoms with van der Waals surface area (Å²) in [6.07, 6.45) is 0.986. The molecular formula is C9H26N4O2. The third-order valence-electron chi connectivity index (χ3n) is 1.46. The molecule has 0 aliphatic rings. The van der Waals surface area contributed by atoms with E-state index in [4.69, 9.17) is 21.7 Å². The zero-order valence-electron chi connectivity index (χ0n) is 9.41. The highest BCUT2D eigenvalue weighted by molar-refractivity contribution is 4.45. The van der Waals surface area contributed by atoms with Gasteiger partial charge >= 0.3 is 0 Å². The number of nitrogens with two attached hydrogens (primary N) is 2. The molecule has 0 bridgehead atoms. The molecule has 0 atom stereocenters. The summed E-state index contributed by atoms with van der Waals surface area (Å²) in [7, 11) is 0. The molecule has 6 heteroatoms. The van der Waals surface area contributed by atoms with Crippen LogP contribution in [0.4, 0.5) is 0 Å². The maximum absolute atomic E-state index is 8.27. The lowest BCUT2D eigenvalue weighted by molar-refractivity contribution is 0.292. The molecule has 0 aliphatic heterocycles. The van der Waals surface area contributed by atoms with Crippen LogP contribution in [-0.2, 0) is 0 Å². The molecule has 0 saturated carbocycles. The molecule has 0 amide bonds. The van der Waals surface area contributed by atoms with Crippen LogP contribution in [-0.4, -0.2) is 62.7 Å². The molecular weight excluding hydrogens is 196 g/mol. The highest BCUT2D eigenvalue weighted by atomic mass is 16.3. The highest BCUT2D eigenvalue weighted by Gasteiger charge is 1.81. The highest BCUT2D eigenvalue weighted by Crippen LogP contribution is 1.66. The average Bonchev–Trinajstić information content (AvgIpc) is 2.26. The zero-order valence-corrected chi connectivity index (χ0v) is 9.41. The Morgan fingerprint density at radius 1 is 0.733 bits per heavy atom. The largest absolute Gasteiger partial charge is 0.395 e. The molecule has 8 N–H and O–H groups in total. The van der Waals surface area contributed by atoms with Crippen molar-refractivity contribution in [3.63, 3.8) is 0 Å². The zero-order chi connectivity index (χ0) is 11.8. The van der Waals surface area contributed by atoms with Crippen molar-refractivity contribution in [2.24, 2.45) is 11.5 Å². The second-order valence-electron chi connectivity index (χ2n) is 2.88. The molecule has 0 fully saturated rings. The summed E-state index contributed by atoms with van der Waals surface area (Å²) < 4.78 is 0. The Hall–Kier alpha value is -0.240. The quantitative estimate of drug-likeness (QED) is 0.239.